The van der Waals surface area contributed by atoms with Gasteiger partial charge in [-0.1, -0.05) is 22.0 Å². The van der Waals surface area contributed by atoms with Gasteiger partial charge < -0.3 is 10.6 Å². The number of rotatable bonds is 4. The molecular weight excluding hydrogens is 296 g/mol. The quantitative estimate of drug-likeness (QED) is 0.890. The van der Waals surface area contributed by atoms with E-state index in [0.29, 0.717) is 11.6 Å². The highest BCUT2D eigenvalue weighted by atomic mass is 79.9. The fourth-order valence-corrected chi connectivity index (χ4v) is 1.88. The molecule has 1 saturated carbocycles. The maximum Gasteiger partial charge on any atom is 0.251 e. The van der Waals surface area contributed by atoms with E-state index in [1.165, 1.54) is 0 Å². The zero-order chi connectivity index (χ0) is 13.1. The van der Waals surface area contributed by atoms with E-state index in [1.54, 1.807) is 12.1 Å². The van der Waals surface area contributed by atoms with E-state index in [0.717, 1.165) is 22.9 Å². The van der Waals surface area contributed by atoms with E-state index in [1.807, 2.05) is 13.0 Å². The molecule has 5 heteroatoms. The molecule has 0 aromatic heterocycles. The highest BCUT2D eigenvalue weighted by Crippen LogP contribution is 2.18. The van der Waals surface area contributed by atoms with Crippen molar-refractivity contribution < 1.29 is 9.59 Å². The first-order valence-electron chi connectivity index (χ1n) is 5.90. The number of hydrogen-bond donors (Lipinski definition) is 2. The van der Waals surface area contributed by atoms with Crippen LogP contribution >= 0.6 is 15.9 Å². The van der Waals surface area contributed by atoms with Crippen LogP contribution < -0.4 is 10.6 Å². The minimum absolute atomic E-state index is 0.0286. The summed E-state index contributed by atoms with van der Waals surface area (Å²) in [6.07, 6.45) is 2.09. The highest BCUT2D eigenvalue weighted by Gasteiger charge is 2.23. The zero-order valence-corrected chi connectivity index (χ0v) is 11.7. The first kappa shape index (κ1) is 13.1. The van der Waals surface area contributed by atoms with Gasteiger partial charge in [0.05, 0.1) is 6.54 Å². The number of aryl methyl sites for hydroxylation is 1. The Hall–Kier alpha value is -1.36. The second-order valence-corrected chi connectivity index (χ2v) is 5.34. The number of halogens is 1. The molecule has 0 spiro atoms. The van der Waals surface area contributed by atoms with E-state index in [-0.39, 0.29) is 18.4 Å². The predicted molar refractivity (Wildman–Crippen MR) is 72.4 cm³/mol. The van der Waals surface area contributed by atoms with Crippen molar-refractivity contribution in [3.63, 3.8) is 0 Å². The lowest BCUT2D eigenvalue weighted by molar-refractivity contribution is -0.120. The summed E-state index contributed by atoms with van der Waals surface area (Å²) in [6, 6.07) is 5.68. The molecule has 2 amide bonds. The van der Waals surface area contributed by atoms with Gasteiger partial charge >= 0.3 is 0 Å². The average molecular weight is 311 g/mol. The van der Waals surface area contributed by atoms with E-state index >= 15 is 0 Å². The SMILES string of the molecule is Cc1ccc(C(=O)NCC(=O)NC2CC2)cc1Br. The van der Waals surface area contributed by atoms with Crippen molar-refractivity contribution in [3.05, 3.63) is 33.8 Å². The predicted octanol–water partition coefficient (Wildman–Crippen LogP) is 1.77. The lowest BCUT2D eigenvalue weighted by Crippen LogP contribution is -2.37. The third-order valence-electron chi connectivity index (χ3n) is 2.79. The number of benzene rings is 1. The number of amides is 2. The van der Waals surface area contributed by atoms with Crippen LogP contribution in [0.15, 0.2) is 22.7 Å². The minimum Gasteiger partial charge on any atom is -0.352 e. The molecule has 0 radical (unpaired) electrons. The van der Waals surface area contributed by atoms with Gasteiger partial charge in [-0.25, -0.2) is 0 Å². The topological polar surface area (TPSA) is 58.2 Å². The Labute approximate surface area is 114 Å². The zero-order valence-electron chi connectivity index (χ0n) is 10.1. The molecule has 1 aliphatic carbocycles. The Morgan fingerprint density at radius 1 is 1.39 bits per heavy atom. The molecular formula is C13H15BrN2O2. The number of nitrogens with one attached hydrogen (secondary N) is 2. The second kappa shape index (κ2) is 5.52. The minimum atomic E-state index is -0.235. The van der Waals surface area contributed by atoms with Gasteiger partial charge in [0.1, 0.15) is 0 Å². The summed E-state index contributed by atoms with van der Waals surface area (Å²) < 4.78 is 0.887. The molecule has 0 heterocycles. The van der Waals surface area contributed by atoms with Crippen LogP contribution in [-0.4, -0.2) is 24.4 Å². The van der Waals surface area contributed by atoms with Gasteiger partial charge in [0.25, 0.3) is 5.91 Å². The summed E-state index contributed by atoms with van der Waals surface area (Å²) in [5, 5.41) is 5.42. The van der Waals surface area contributed by atoms with Gasteiger partial charge in [0, 0.05) is 16.1 Å². The summed E-state index contributed by atoms with van der Waals surface area (Å²) in [6.45, 7) is 1.98. The van der Waals surface area contributed by atoms with Crippen LogP contribution in [0.4, 0.5) is 0 Å². The van der Waals surface area contributed by atoms with Gasteiger partial charge in [0.15, 0.2) is 0 Å². The van der Waals surface area contributed by atoms with Crippen LogP contribution in [0, 0.1) is 6.92 Å². The van der Waals surface area contributed by atoms with Crippen molar-refractivity contribution in [2.45, 2.75) is 25.8 Å². The van der Waals surface area contributed by atoms with E-state index in [9.17, 15) is 9.59 Å². The van der Waals surface area contributed by atoms with Gasteiger partial charge in [-0.05, 0) is 37.5 Å². The Morgan fingerprint density at radius 3 is 2.72 bits per heavy atom. The number of hydrogen-bond acceptors (Lipinski definition) is 2. The van der Waals surface area contributed by atoms with E-state index < -0.39 is 0 Å². The molecule has 1 aromatic carbocycles. The lowest BCUT2D eigenvalue weighted by atomic mass is 10.1. The summed E-state index contributed by atoms with van der Waals surface area (Å²) in [7, 11) is 0. The summed E-state index contributed by atoms with van der Waals surface area (Å²) in [4.78, 5) is 23.2. The van der Waals surface area contributed by atoms with Crippen molar-refractivity contribution >= 4 is 27.7 Å². The maximum absolute atomic E-state index is 11.8. The van der Waals surface area contributed by atoms with Gasteiger partial charge in [-0.3, -0.25) is 9.59 Å². The molecule has 1 aliphatic rings. The standard InChI is InChI=1S/C13H15BrN2O2/c1-8-2-3-9(6-11(8)14)13(18)15-7-12(17)16-10-4-5-10/h2-3,6,10H,4-5,7H2,1H3,(H,15,18)(H,16,17). The molecule has 2 rings (SSSR count). The van der Waals surface area contributed by atoms with Crippen molar-refractivity contribution in [1.82, 2.24) is 10.6 Å². The van der Waals surface area contributed by atoms with Crippen LogP contribution in [0.25, 0.3) is 0 Å². The van der Waals surface area contributed by atoms with Crippen LogP contribution in [0.1, 0.15) is 28.8 Å². The average Bonchev–Trinajstić information content (AvgIpc) is 3.13. The summed E-state index contributed by atoms with van der Waals surface area (Å²) in [5.74, 6) is -0.362. The first-order valence-corrected chi connectivity index (χ1v) is 6.69. The molecule has 96 valence electrons. The highest BCUT2D eigenvalue weighted by molar-refractivity contribution is 9.10. The van der Waals surface area contributed by atoms with Gasteiger partial charge in [-0.15, -0.1) is 0 Å². The molecule has 4 nitrogen and oxygen atoms in total. The molecule has 1 fully saturated rings. The van der Waals surface area contributed by atoms with Crippen molar-refractivity contribution in [1.29, 1.82) is 0 Å². The third-order valence-corrected chi connectivity index (χ3v) is 3.64. The largest absolute Gasteiger partial charge is 0.352 e. The van der Waals surface area contributed by atoms with Crippen LogP contribution in [0.2, 0.25) is 0 Å². The van der Waals surface area contributed by atoms with Gasteiger partial charge in [-0.2, -0.15) is 0 Å². The summed E-state index contributed by atoms with van der Waals surface area (Å²) >= 11 is 3.38. The maximum atomic E-state index is 11.8. The lowest BCUT2D eigenvalue weighted by Gasteiger charge is -2.07. The smallest absolute Gasteiger partial charge is 0.251 e. The molecule has 0 bridgehead atoms. The Bertz CT molecular complexity index is 484. The fraction of sp³-hybridized carbons (Fsp3) is 0.385. The van der Waals surface area contributed by atoms with E-state index in [4.69, 9.17) is 0 Å². The monoisotopic (exact) mass is 310 g/mol. The molecule has 2 N–H and O–H groups in total. The molecule has 0 atom stereocenters. The molecule has 1 aromatic rings. The summed E-state index contributed by atoms with van der Waals surface area (Å²) in [5.41, 5.74) is 1.62. The Balaban J connectivity index is 1.86. The molecule has 18 heavy (non-hydrogen) atoms. The number of carbonyl (C=O) groups excluding carboxylic acids is 2. The van der Waals surface area contributed by atoms with Crippen molar-refractivity contribution in [2.75, 3.05) is 6.54 Å². The number of carbonyl (C=O) groups is 2. The molecule has 0 unspecified atom stereocenters. The Kier molecular flexibility index (Phi) is 4.01. The van der Waals surface area contributed by atoms with Gasteiger partial charge in [0.2, 0.25) is 5.91 Å². The fourth-order valence-electron chi connectivity index (χ4n) is 1.50. The van der Waals surface area contributed by atoms with Crippen molar-refractivity contribution in [2.24, 2.45) is 0 Å². The molecule has 0 aliphatic heterocycles. The normalized spacial score (nSPS) is 14.1. The van der Waals surface area contributed by atoms with Crippen LogP contribution in [0.5, 0.6) is 0 Å². The van der Waals surface area contributed by atoms with Crippen molar-refractivity contribution in [3.8, 4) is 0 Å². The first-order chi connectivity index (χ1) is 8.56. The van der Waals surface area contributed by atoms with Crippen LogP contribution in [-0.2, 0) is 4.79 Å². The molecule has 0 saturated heterocycles. The Morgan fingerprint density at radius 2 is 2.11 bits per heavy atom. The third kappa shape index (κ3) is 3.57. The second-order valence-electron chi connectivity index (χ2n) is 4.49. The van der Waals surface area contributed by atoms with E-state index in [2.05, 4.69) is 26.6 Å². The van der Waals surface area contributed by atoms with Crippen LogP contribution in [0.3, 0.4) is 0 Å².